The molecule has 1 saturated heterocycles. The fourth-order valence-corrected chi connectivity index (χ4v) is 5.49. The minimum absolute atomic E-state index is 0.0153. The first-order valence-corrected chi connectivity index (χ1v) is 13.3. The van der Waals surface area contributed by atoms with E-state index in [1.807, 2.05) is 0 Å². The maximum atomic E-state index is 13.0. The van der Waals surface area contributed by atoms with E-state index in [4.69, 9.17) is 16.3 Å². The molecule has 3 aromatic rings. The number of carbonyl (C=O) groups excluding carboxylic acids is 2. The number of benzene rings is 3. The Kier molecular flexibility index (Phi) is 7.93. The van der Waals surface area contributed by atoms with E-state index in [0.717, 1.165) is 18.4 Å². The maximum Gasteiger partial charge on any atom is 0.263 e. The Hall–Kier alpha value is -3.40. The van der Waals surface area contributed by atoms with Crippen LogP contribution in [-0.2, 0) is 14.8 Å². The molecule has 0 unspecified atom stereocenters. The fourth-order valence-electron chi connectivity index (χ4n) is 3.83. The predicted molar refractivity (Wildman–Crippen MR) is 139 cm³/mol. The number of hydrogen-bond donors (Lipinski definition) is 3. The first-order valence-electron chi connectivity index (χ1n) is 11.4. The topological polar surface area (TPSA) is 114 Å². The van der Waals surface area contributed by atoms with Crippen LogP contribution in [0.4, 0.5) is 11.4 Å². The van der Waals surface area contributed by atoms with Crippen LogP contribution in [0.3, 0.4) is 0 Å². The predicted octanol–water partition coefficient (Wildman–Crippen LogP) is 4.61. The third-order valence-corrected chi connectivity index (χ3v) is 7.65. The zero-order valence-electron chi connectivity index (χ0n) is 19.6. The Labute approximate surface area is 215 Å². The van der Waals surface area contributed by atoms with Crippen molar-refractivity contribution in [3.05, 3.63) is 88.4 Å². The van der Waals surface area contributed by atoms with Gasteiger partial charge in [0.1, 0.15) is 4.90 Å². The van der Waals surface area contributed by atoms with Crippen molar-refractivity contribution in [1.29, 1.82) is 0 Å². The second kappa shape index (κ2) is 11.1. The van der Waals surface area contributed by atoms with Gasteiger partial charge in [0.15, 0.2) is 0 Å². The molecule has 1 fully saturated rings. The molecule has 1 atom stereocenters. The highest BCUT2D eigenvalue weighted by atomic mass is 35.5. The number of sulfonamides is 1. The number of halogens is 1. The van der Waals surface area contributed by atoms with Gasteiger partial charge in [-0.25, -0.2) is 8.42 Å². The fraction of sp³-hybridized carbons (Fsp3) is 0.231. The molecule has 0 aliphatic carbocycles. The molecule has 1 heterocycles. The number of rotatable bonds is 8. The van der Waals surface area contributed by atoms with Crippen molar-refractivity contribution in [2.24, 2.45) is 0 Å². The highest BCUT2D eigenvalue weighted by Gasteiger charge is 2.22. The second-order valence-corrected chi connectivity index (χ2v) is 10.5. The number of para-hydroxylation sites is 2. The van der Waals surface area contributed by atoms with Crippen molar-refractivity contribution < 1.29 is 22.7 Å². The van der Waals surface area contributed by atoms with Crippen molar-refractivity contribution in [3.63, 3.8) is 0 Å². The molecule has 1 aliphatic heterocycles. The van der Waals surface area contributed by atoms with Crippen LogP contribution in [0.15, 0.2) is 71.6 Å². The summed E-state index contributed by atoms with van der Waals surface area (Å²) in [5.41, 5.74) is 1.79. The molecule has 0 spiro atoms. The number of aryl methyl sites for hydroxylation is 1. The molecule has 0 bridgehead atoms. The Balaban J connectivity index is 1.52. The third-order valence-electron chi connectivity index (χ3n) is 5.81. The van der Waals surface area contributed by atoms with Gasteiger partial charge in [-0.05, 0) is 61.7 Å². The largest absolute Gasteiger partial charge is 0.376 e. The van der Waals surface area contributed by atoms with Crippen LogP contribution in [-0.4, -0.2) is 39.5 Å². The Morgan fingerprint density at radius 1 is 1.00 bits per heavy atom. The molecular formula is C26H26ClN3O5S. The smallest absolute Gasteiger partial charge is 0.263 e. The second-order valence-electron chi connectivity index (χ2n) is 8.41. The molecule has 0 aromatic heterocycles. The average Bonchev–Trinajstić information content (AvgIpc) is 3.38. The molecular weight excluding hydrogens is 502 g/mol. The monoisotopic (exact) mass is 527 g/mol. The zero-order chi connectivity index (χ0) is 25.7. The summed E-state index contributed by atoms with van der Waals surface area (Å²) in [5, 5.41) is 5.52. The van der Waals surface area contributed by atoms with Gasteiger partial charge in [-0.15, -0.1) is 0 Å². The molecule has 0 saturated carbocycles. The summed E-state index contributed by atoms with van der Waals surface area (Å²) in [6.07, 6.45) is 1.84. The number of nitrogens with one attached hydrogen (secondary N) is 3. The number of hydrogen-bond acceptors (Lipinski definition) is 5. The third kappa shape index (κ3) is 6.04. The number of amides is 2. The highest BCUT2D eigenvalue weighted by molar-refractivity contribution is 7.92. The quantitative estimate of drug-likeness (QED) is 0.396. The number of anilines is 2. The van der Waals surface area contributed by atoms with Crippen LogP contribution in [0.25, 0.3) is 0 Å². The summed E-state index contributed by atoms with van der Waals surface area (Å²) in [4.78, 5) is 25.6. The van der Waals surface area contributed by atoms with Crippen molar-refractivity contribution in [2.45, 2.75) is 30.8 Å². The molecule has 36 heavy (non-hydrogen) atoms. The summed E-state index contributed by atoms with van der Waals surface area (Å²) < 4.78 is 34.1. The van der Waals surface area contributed by atoms with Gasteiger partial charge >= 0.3 is 0 Å². The van der Waals surface area contributed by atoms with Crippen molar-refractivity contribution in [2.75, 3.05) is 23.2 Å². The Bertz CT molecular complexity index is 1390. The minimum Gasteiger partial charge on any atom is -0.376 e. The van der Waals surface area contributed by atoms with E-state index in [1.54, 1.807) is 55.5 Å². The number of carbonyl (C=O) groups is 2. The van der Waals surface area contributed by atoms with E-state index in [-0.39, 0.29) is 33.1 Å². The van der Waals surface area contributed by atoms with Gasteiger partial charge in [-0.3, -0.25) is 14.3 Å². The van der Waals surface area contributed by atoms with Crippen molar-refractivity contribution in [3.8, 4) is 0 Å². The van der Waals surface area contributed by atoms with E-state index in [2.05, 4.69) is 15.4 Å². The summed E-state index contributed by atoms with van der Waals surface area (Å²) in [6.45, 7) is 2.84. The van der Waals surface area contributed by atoms with Gasteiger partial charge in [0.2, 0.25) is 0 Å². The molecule has 4 rings (SSSR count). The molecule has 8 nitrogen and oxygen atoms in total. The lowest BCUT2D eigenvalue weighted by atomic mass is 10.1. The van der Waals surface area contributed by atoms with E-state index in [1.165, 1.54) is 18.2 Å². The van der Waals surface area contributed by atoms with E-state index >= 15 is 0 Å². The van der Waals surface area contributed by atoms with Crippen LogP contribution in [0.1, 0.15) is 39.1 Å². The molecule has 10 heteroatoms. The van der Waals surface area contributed by atoms with Crippen molar-refractivity contribution >= 4 is 44.8 Å². The normalized spacial score (nSPS) is 15.3. The van der Waals surface area contributed by atoms with Crippen LogP contribution in [0.2, 0.25) is 5.02 Å². The first-order chi connectivity index (χ1) is 17.2. The zero-order valence-corrected chi connectivity index (χ0v) is 21.2. The Morgan fingerprint density at radius 2 is 1.72 bits per heavy atom. The first kappa shape index (κ1) is 25.7. The molecule has 188 valence electrons. The number of ether oxygens (including phenoxy) is 1. The van der Waals surface area contributed by atoms with E-state index in [0.29, 0.717) is 24.5 Å². The molecule has 3 aromatic carbocycles. The lowest BCUT2D eigenvalue weighted by molar-refractivity contribution is 0.0858. The average molecular weight is 528 g/mol. The van der Waals surface area contributed by atoms with Crippen LogP contribution in [0.5, 0.6) is 0 Å². The summed E-state index contributed by atoms with van der Waals surface area (Å²) >= 11 is 6.19. The summed E-state index contributed by atoms with van der Waals surface area (Å²) in [6, 6.07) is 17.5. The van der Waals surface area contributed by atoms with Gasteiger partial charge < -0.3 is 15.4 Å². The summed E-state index contributed by atoms with van der Waals surface area (Å²) in [7, 11) is -4.07. The standard InChI is InChI=1S/C26H26ClN3O5S/c1-17-7-2-4-10-22(17)30-36(33,34)24-15-18(12-13-21(24)27)25(31)29-23-11-5-3-9-20(23)26(32)28-16-19-8-6-14-35-19/h2-5,7,9-13,15,19,30H,6,8,14,16H2,1H3,(H,28,32)(H,29,31)/t19-/m1/s1. The highest BCUT2D eigenvalue weighted by Crippen LogP contribution is 2.27. The summed E-state index contributed by atoms with van der Waals surface area (Å²) in [5.74, 6) is -0.929. The molecule has 2 amide bonds. The van der Waals surface area contributed by atoms with E-state index in [9.17, 15) is 18.0 Å². The maximum absolute atomic E-state index is 13.0. The van der Waals surface area contributed by atoms with Crippen LogP contribution < -0.4 is 15.4 Å². The van der Waals surface area contributed by atoms with Crippen LogP contribution >= 0.6 is 11.6 Å². The molecule has 0 radical (unpaired) electrons. The van der Waals surface area contributed by atoms with Gasteiger partial charge in [0.25, 0.3) is 21.8 Å². The van der Waals surface area contributed by atoms with Gasteiger partial charge in [0.05, 0.1) is 28.1 Å². The Morgan fingerprint density at radius 3 is 2.44 bits per heavy atom. The molecule has 1 aliphatic rings. The molecule has 3 N–H and O–H groups in total. The SMILES string of the molecule is Cc1ccccc1NS(=O)(=O)c1cc(C(=O)Nc2ccccc2C(=O)NC[C@H]2CCCO2)ccc1Cl. The lowest BCUT2D eigenvalue weighted by Gasteiger charge is -2.15. The van der Waals surface area contributed by atoms with Crippen LogP contribution in [0, 0.1) is 6.92 Å². The van der Waals surface area contributed by atoms with Gasteiger partial charge in [-0.1, -0.05) is 41.9 Å². The van der Waals surface area contributed by atoms with Crippen molar-refractivity contribution in [1.82, 2.24) is 5.32 Å². The van der Waals surface area contributed by atoms with Gasteiger partial charge in [0, 0.05) is 18.7 Å². The lowest BCUT2D eigenvalue weighted by Crippen LogP contribution is -2.32. The minimum atomic E-state index is -4.07. The van der Waals surface area contributed by atoms with Gasteiger partial charge in [-0.2, -0.15) is 0 Å². The van der Waals surface area contributed by atoms with E-state index < -0.39 is 15.9 Å².